The molecule has 5 nitrogen and oxygen atoms in total. The summed E-state index contributed by atoms with van der Waals surface area (Å²) in [6.07, 6.45) is 46.1. The van der Waals surface area contributed by atoms with E-state index in [1.165, 1.54) is 141 Å². The molecule has 50 heavy (non-hydrogen) atoms. The summed E-state index contributed by atoms with van der Waals surface area (Å²) in [6.45, 7) is 7.75. The first-order chi connectivity index (χ1) is 24.6. The number of carbonyl (C=O) groups is 2. The van der Waals surface area contributed by atoms with E-state index in [9.17, 15) is 9.59 Å². The molecular weight excluding hydrogens is 620 g/mol. The Morgan fingerprint density at radius 2 is 0.800 bits per heavy atom. The van der Waals surface area contributed by atoms with Crippen LogP contribution in [0.3, 0.4) is 0 Å². The number of unbranched alkanes of at least 4 members (excludes halogenated alkanes) is 25. The highest BCUT2D eigenvalue weighted by Gasteiger charge is 2.17. The molecule has 0 spiro atoms. The first kappa shape index (κ1) is 48.4. The van der Waals surface area contributed by atoms with Crippen molar-refractivity contribution >= 4 is 11.9 Å². The number of carbonyl (C=O) groups excluding carboxylic acids is 2. The van der Waals surface area contributed by atoms with E-state index in [1.807, 2.05) is 0 Å². The van der Waals surface area contributed by atoms with Crippen molar-refractivity contribution in [2.24, 2.45) is 0 Å². The van der Waals surface area contributed by atoms with Gasteiger partial charge in [-0.1, -0.05) is 173 Å². The molecule has 0 N–H and O–H groups in total. The van der Waals surface area contributed by atoms with Gasteiger partial charge in [0.05, 0.1) is 6.61 Å². The van der Waals surface area contributed by atoms with Gasteiger partial charge in [-0.3, -0.25) is 9.59 Å². The molecule has 0 rings (SSSR count). The van der Waals surface area contributed by atoms with Crippen LogP contribution in [0.25, 0.3) is 0 Å². The Morgan fingerprint density at radius 3 is 1.28 bits per heavy atom. The lowest BCUT2D eigenvalue weighted by Crippen LogP contribution is -2.30. The van der Waals surface area contributed by atoms with E-state index in [-0.39, 0.29) is 25.2 Å². The molecule has 0 aromatic rings. The van der Waals surface area contributed by atoms with Gasteiger partial charge in [0.1, 0.15) is 6.61 Å². The van der Waals surface area contributed by atoms with Crippen molar-refractivity contribution in [1.29, 1.82) is 0 Å². The van der Waals surface area contributed by atoms with E-state index in [0.29, 0.717) is 19.4 Å². The zero-order valence-corrected chi connectivity index (χ0v) is 33.7. The maximum absolute atomic E-state index is 12.6. The van der Waals surface area contributed by atoms with Gasteiger partial charge in [0.15, 0.2) is 6.10 Å². The van der Waals surface area contributed by atoms with Gasteiger partial charge in [0.25, 0.3) is 0 Å². The summed E-state index contributed by atoms with van der Waals surface area (Å²) in [7, 11) is 0. The number of rotatable bonds is 40. The Morgan fingerprint density at radius 1 is 0.420 bits per heavy atom. The molecule has 1 unspecified atom stereocenters. The zero-order chi connectivity index (χ0) is 36.4. The zero-order valence-electron chi connectivity index (χ0n) is 33.7. The lowest BCUT2D eigenvalue weighted by Gasteiger charge is -2.18. The minimum Gasteiger partial charge on any atom is -0.462 e. The fraction of sp³-hybridized carbons (Fsp3) is 0.867. The molecule has 0 aliphatic rings. The van der Waals surface area contributed by atoms with Gasteiger partial charge in [-0.25, -0.2) is 0 Å². The van der Waals surface area contributed by atoms with Crippen LogP contribution in [0.5, 0.6) is 0 Å². The third-order valence-corrected chi connectivity index (χ3v) is 9.46. The van der Waals surface area contributed by atoms with Crippen LogP contribution in [0.15, 0.2) is 24.3 Å². The Balaban J connectivity index is 4.09. The second-order valence-corrected chi connectivity index (χ2v) is 14.6. The molecule has 294 valence electrons. The largest absolute Gasteiger partial charge is 0.462 e. The van der Waals surface area contributed by atoms with Gasteiger partial charge in [0, 0.05) is 19.4 Å². The van der Waals surface area contributed by atoms with Crippen LogP contribution in [0.2, 0.25) is 0 Å². The first-order valence-corrected chi connectivity index (χ1v) is 21.9. The molecule has 0 fully saturated rings. The fourth-order valence-corrected chi connectivity index (χ4v) is 6.13. The highest BCUT2D eigenvalue weighted by atomic mass is 16.6. The van der Waals surface area contributed by atoms with E-state index in [4.69, 9.17) is 14.2 Å². The van der Waals surface area contributed by atoms with Crippen LogP contribution < -0.4 is 0 Å². The molecule has 0 bridgehead atoms. The Labute approximate surface area is 311 Å². The molecule has 0 radical (unpaired) electrons. The summed E-state index contributed by atoms with van der Waals surface area (Å²) in [6, 6.07) is 0. The molecular formula is C45H84O5. The molecule has 0 aromatic heterocycles. The van der Waals surface area contributed by atoms with Crippen molar-refractivity contribution < 1.29 is 23.8 Å². The van der Waals surface area contributed by atoms with E-state index in [0.717, 1.165) is 51.4 Å². The topological polar surface area (TPSA) is 61.8 Å². The van der Waals surface area contributed by atoms with Crippen molar-refractivity contribution in [2.45, 2.75) is 232 Å². The second kappa shape index (κ2) is 41.8. The minimum atomic E-state index is -0.531. The van der Waals surface area contributed by atoms with Crippen LogP contribution in [0.4, 0.5) is 0 Å². The molecule has 0 aromatic carbocycles. The van der Waals surface area contributed by atoms with Gasteiger partial charge in [-0.15, -0.1) is 0 Å². The normalized spacial score (nSPS) is 12.3. The number of esters is 2. The van der Waals surface area contributed by atoms with Gasteiger partial charge >= 0.3 is 11.9 Å². The van der Waals surface area contributed by atoms with Gasteiger partial charge < -0.3 is 14.2 Å². The summed E-state index contributed by atoms with van der Waals surface area (Å²) in [5.74, 6) is -0.410. The monoisotopic (exact) mass is 705 g/mol. The van der Waals surface area contributed by atoms with Crippen LogP contribution in [-0.2, 0) is 23.8 Å². The minimum absolute atomic E-state index is 0.0836. The fourth-order valence-electron chi connectivity index (χ4n) is 6.13. The summed E-state index contributed by atoms with van der Waals surface area (Å²) in [5, 5.41) is 0. The molecule has 0 amide bonds. The SMILES string of the molecule is CCCC/C=C\CCCCCCCC(=O)OC(COCCCCCCCC)COC(=O)CCCCCCCCC/C=C\CCCCCCCC. The van der Waals surface area contributed by atoms with Crippen molar-refractivity contribution in [1.82, 2.24) is 0 Å². The lowest BCUT2D eigenvalue weighted by atomic mass is 10.1. The van der Waals surface area contributed by atoms with E-state index in [1.54, 1.807) is 0 Å². The smallest absolute Gasteiger partial charge is 0.306 e. The molecule has 0 saturated heterocycles. The highest BCUT2D eigenvalue weighted by Crippen LogP contribution is 2.13. The Hall–Kier alpha value is -1.62. The maximum Gasteiger partial charge on any atom is 0.306 e. The predicted octanol–water partition coefficient (Wildman–Crippen LogP) is 14.1. The van der Waals surface area contributed by atoms with Crippen molar-refractivity contribution in [3.63, 3.8) is 0 Å². The van der Waals surface area contributed by atoms with Crippen molar-refractivity contribution in [3.05, 3.63) is 24.3 Å². The average Bonchev–Trinajstić information content (AvgIpc) is 3.11. The average molecular weight is 705 g/mol. The van der Waals surface area contributed by atoms with Gasteiger partial charge in [-0.2, -0.15) is 0 Å². The lowest BCUT2D eigenvalue weighted by molar-refractivity contribution is -0.163. The third-order valence-electron chi connectivity index (χ3n) is 9.46. The first-order valence-electron chi connectivity index (χ1n) is 21.9. The number of hydrogen-bond donors (Lipinski definition) is 0. The van der Waals surface area contributed by atoms with E-state index < -0.39 is 6.10 Å². The van der Waals surface area contributed by atoms with Crippen LogP contribution >= 0.6 is 0 Å². The van der Waals surface area contributed by atoms with Crippen molar-refractivity contribution in [2.75, 3.05) is 19.8 Å². The van der Waals surface area contributed by atoms with Gasteiger partial charge in [0.2, 0.25) is 0 Å². The number of allylic oxidation sites excluding steroid dienone is 4. The van der Waals surface area contributed by atoms with Crippen LogP contribution in [-0.4, -0.2) is 37.9 Å². The summed E-state index contributed by atoms with van der Waals surface area (Å²) in [4.78, 5) is 25.1. The third kappa shape index (κ3) is 39.2. The standard InChI is InChI=1S/C45H84O5/c1-4-7-10-13-16-18-20-21-22-23-24-25-27-28-30-32-35-38-44(46)49-42-43(41-48-40-37-34-15-12-9-6-3)50-45(47)39-36-33-31-29-26-19-17-14-11-8-5-2/h14,17,21-22,43H,4-13,15-16,18-20,23-42H2,1-3H3/b17-14-,22-21-. The quantitative estimate of drug-likeness (QED) is 0.0361. The van der Waals surface area contributed by atoms with E-state index >= 15 is 0 Å². The molecule has 1 atom stereocenters. The summed E-state index contributed by atoms with van der Waals surface area (Å²) in [5.41, 5.74) is 0. The molecule has 0 heterocycles. The molecule has 0 aliphatic heterocycles. The van der Waals surface area contributed by atoms with Crippen LogP contribution in [0.1, 0.15) is 226 Å². The molecule has 0 saturated carbocycles. The number of hydrogen-bond acceptors (Lipinski definition) is 5. The van der Waals surface area contributed by atoms with E-state index in [2.05, 4.69) is 45.1 Å². The van der Waals surface area contributed by atoms with Crippen LogP contribution in [0, 0.1) is 0 Å². The Bertz CT molecular complexity index is 761. The summed E-state index contributed by atoms with van der Waals surface area (Å²) >= 11 is 0. The number of ether oxygens (including phenoxy) is 3. The van der Waals surface area contributed by atoms with Crippen molar-refractivity contribution in [3.8, 4) is 0 Å². The predicted molar refractivity (Wildman–Crippen MR) is 215 cm³/mol. The summed E-state index contributed by atoms with van der Waals surface area (Å²) < 4.78 is 17.2. The highest BCUT2D eigenvalue weighted by molar-refractivity contribution is 5.70. The maximum atomic E-state index is 12.6. The van der Waals surface area contributed by atoms with Gasteiger partial charge in [-0.05, 0) is 64.2 Å². The molecule has 5 heteroatoms. The molecule has 0 aliphatic carbocycles. The second-order valence-electron chi connectivity index (χ2n) is 14.6. The Kier molecular flexibility index (Phi) is 40.4.